The van der Waals surface area contributed by atoms with Crippen molar-refractivity contribution in [2.75, 3.05) is 5.73 Å². The van der Waals surface area contributed by atoms with Crippen LogP contribution in [0.4, 0.5) is 14.5 Å². The minimum absolute atomic E-state index is 0.0597. The normalized spacial score (nSPS) is 13.7. The first kappa shape index (κ1) is 13.2. The number of imide groups is 1. The first-order valence-electron chi connectivity index (χ1n) is 6.17. The molecule has 106 valence electrons. The van der Waals surface area contributed by atoms with Gasteiger partial charge in [-0.15, -0.1) is 0 Å². The summed E-state index contributed by atoms with van der Waals surface area (Å²) in [6, 6.07) is 7.57. The lowest BCUT2D eigenvalue weighted by Gasteiger charge is -2.14. The molecule has 0 radical (unpaired) electrons. The minimum atomic E-state index is -0.806. The number of fused-ring (bicyclic) bond motifs is 1. The van der Waals surface area contributed by atoms with Gasteiger partial charge in [0.1, 0.15) is 11.6 Å². The van der Waals surface area contributed by atoms with Crippen LogP contribution in [-0.2, 0) is 6.54 Å². The van der Waals surface area contributed by atoms with E-state index in [1.54, 1.807) is 6.07 Å². The van der Waals surface area contributed by atoms with E-state index in [9.17, 15) is 18.4 Å². The summed E-state index contributed by atoms with van der Waals surface area (Å²) in [5, 5.41) is 0. The molecular weight excluding hydrogens is 278 g/mol. The van der Waals surface area contributed by atoms with Crippen molar-refractivity contribution in [2.45, 2.75) is 6.54 Å². The minimum Gasteiger partial charge on any atom is -0.398 e. The van der Waals surface area contributed by atoms with Crippen molar-refractivity contribution < 1.29 is 18.4 Å². The number of nitrogens with two attached hydrogens (primary N) is 1. The highest BCUT2D eigenvalue weighted by Crippen LogP contribution is 2.29. The fourth-order valence-electron chi connectivity index (χ4n) is 2.32. The van der Waals surface area contributed by atoms with Crippen LogP contribution in [0.25, 0.3) is 0 Å². The number of anilines is 1. The Morgan fingerprint density at radius 2 is 1.81 bits per heavy atom. The molecule has 0 saturated carbocycles. The highest BCUT2D eigenvalue weighted by Gasteiger charge is 2.37. The molecule has 0 aromatic heterocycles. The maximum atomic E-state index is 13.7. The Labute approximate surface area is 118 Å². The van der Waals surface area contributed by atoms with Gasteiger partial charge in [0.25, 0.3) is 11.8 Å². The zero-order chi connectivity index (χ0) is 15.1. The van der Waals surface area contributed by atoms with Crippen molar-refractivity contribution in [3.8, 4) is 0 Å². The molecule has 21 heavy (non-hydrogen) atoms. The van der Waals surface area contributed by atoms with E-state index >= 15 is 0 Å². The summed E-state index contributed by atoms with van der Waals surface area (Å²) >= 11 is 0. The Hall–Kier alpha value is -2.76. The van der Waals surface area contributed by atoms with Gasteiger partial charge in [0.2, 0.25) is 0 Å². The van der Waals surface area contributed by atoms with E-state index in [0.717, 1.165) is 11.0 Å². The SMILES string of the molecule is Nc1cccc2c1C(=O)N(Cc1ccc(F)cc1F)C2=O. The fraction of sp³-hybridized carbons (Fsp3) is 0.0667. The van der Waals surface area contributed by atoms with E-state index in [1.165, 1.54) is 18.2 Å². The predicted molar refractivity (Wildman–Crippen MR) is 71.4 cm³/mol. The van der Waals surface area contributed by atoms with Crippen LogP contribution >= 0.6 is 0 Å². The van der Waals surface area contributed by atoms with E-state index in [4.69, 9.17) is 5.73 Å². The summed E-state index contributed by atoms with van der Waals surface area (Å²) in [7, 11) is 0. The van der Waals surface area contributed by atoms with Gasteiger partial charge < -0.3 is 5.73 Å². The number of nitrogen functional groups attached to an aromatic ring is 1. The molecule has 1 aliphatic rings. The van der Waals surface area contributed by atoms with Crippen molar-refractivity contribution >= 4 is 17.5 Å². The second-order valence-corrected chi connectivity index (χ2v) is 4.70. The van der Waals surface area contributed by atoms with Crippen LogP contribution in [0.1, 0.15) is 26.3 Å². The van der Waals surface area contributed by atoms with Gasteiger partial charge in [0.15, 0.2) is 0 Å². The van der Waals surface area contributed by atoms with Crippen molar-refractivity contribution in [1.82, 2.24) is 4.90 Å². The molecule has 2 N–H and O–H groups in total. The standard InChI is InChI=1S/C15H10F2N2O2/c16-9-5-4-8(11(17)6-9)7-19-14(20)10-2-1-3-12(18)13(10)15(19)21/h1-6H,7,18H2. The van der Waals surface area contributed by atoms with Crippen molar-refractivity contribution in [2.24, 2.45) is 0 Å². The maximum absolute atomic E-state index is 13.7. The zero-order valence-corrected chi connectivity index (χ0v) is 10.8. The predicted octanol–water partition coefficient (Wildman–Crippen LogP) is 2.34. The number of rotatable bonds is 2. The van der Waals surface area contributed by atoms with Crippen LogP contribution in [-0.4, -0.2) is 16.7 Å². The van der Waals surface area contributed by atoms with Crippen molar-refractivity contribution in [3.05, 3.63) is 64.7 Å². The van der Waals surface area contributed by atoms with Gasteiger partial charge >= 0.3 is 0 Å². The second-order valence-electron chi connectivity index (χ2n) is 4.70. The number of hydrogen-bond acceptors (Lipinski definition) is 3. The molecule has 0 saturated heterocycles. The first-order valence-corrected chi connectivity index (χ1v) is 6.17. The monoisotopic (exact) mass is 288 g/mol. The molecule has 4 nitrogen and oxygen atoms in total. The Kier molecular flexibility index (Phi) is 2.94. The molecule has 3 rings (SSSR count). The summed E-state index contributed by atoms with van der Waals surface area (Å²) in [6.45, 7) is -0.266. The van der Waals surface area contributed by atoms with Crippen LogP contribution in [0.15, 0.2) is 36.4 Å². The number of nitrogens with zero attached hydrogens (tertiary/aromatic N) is 1. The lowest BCUT2D eigenvalue weighted by Crippen LogP contribution is -2.29. The van der Waals surface area contributed by atoms with Gasteiger partial charge in [-0.3, -0.25) is 14.5 Å². The van der Waals surface area contributed by atoms with Crippen LogP contribution in [0.3, 0.4) is 0 Å². The molecule has 1 heterocycles. The molecule has 0 bridgehead atoms. The summed E-state index contributed by atoms with van der Waals surface area (Å²) in [5.74, 6) is -2.63. The molecule has 0 aliphatic carbocycles. The van der Waals surface area contributed by atoms with Gasteiger partial charge in [0.05, 0.1) is 17.7 Å². The van der Waals surface area contributed by atoms with Crippen molar-refractivity contribution in [1.29, 1.82) is 0 Å². The summed E-state index contributed by atoms with van der Waals surface area (Å²) < 4.78 is 26.5. The van der Waals surface area contributed by atoms with E-state index in [1.807, 2.05) is 0 Å². The number of carbonyl (C=O) groups excluding carboxylic acids is 2. The fourth-order valence-corrected chi connectivity index (χ4v) is 2.32. The molecule has 2 amide bonds. The smallest absolute Gasteiger partial charge is 0.263 e. The van der Waals surface area contributed by atoms with Gasteiger partial charge in [0, 0.05) is 17.3 Å². The van der Waals surface area contributed by atoms with Crippen LogP contribution in [0.2, 0.25) is 0 Å². The zero-order valence-electron chi connectivity index (χ0n) is 10.8. The number of hydrogen-bond donors (Lipinski definition) is 1. The van der Waals surface area contributed by atoms with Gasteiger partial charge in [-0.25, -0.2) is 8.78 Å². The molecule has 0 atom stereocenters. The van der Waals surface area contributed by atoms with E-state index in [-0.39, 0.29) is 28.9 Å². The lowest BCUT2D eigenvalue weighted by molar-refractivity contribution is 0.0641. The molecular formula is C15H10F2N2O2. The Morgan fingerprint density at radius 3 is 2.48 bits per heavy atom. The molecule has 2 aromatic carbocycles. The maximum Gasteiger partial charge on any atom is 0.263 e. The Morgan fingerprint density at radius 1 is 1.05 bits per heavy atom. The lowest BCUT2D eigenvalue weighted by atomic mass is 10.1. The number of amides is 2. The number of halogens is 2. The average molecular weight is 288 g/mol. The molecule has 6 heteroatoms. The molecule has 0 unspecified atom stereocenters. The van der Waals surface area contributed by atoms with Gasteiger partial charge in [-0.1, -0.05) is 12.1 Å². The van der Waals surface area contributed by atoms with E-state index in [2.05, 4.69) is 0 Å². The topological polar surface area (TPSA) is 63.4 Å². The van der Waals surface area contributed by atoms with Gasteiger partial charge in [-0.2, -0.15) is 0 Å². The summed E-state index contributed by atoms with van der Waals surface area (Å²) in [5.41, 5.74) is 6.29. The molecule has 0 spiro atoms. The third kappa shape index (κ3) is 2.05. The third-order valence-corrected chi connectivity index (χ3v) is 3.37. The van der Waals surface area contributed by atoms with Crippen molar-refractivity contribution in [3.63, 3.8) is 0 Å². The summed E-state index contributed by atoms with van der Waals surface area (Å²) in [4.78, 5) is 25.3. The molecule has 1 aliphatic heterocycles. The number of carbonyl (C=O) groups is 2. The van der Waals surface area contributed by atoms with E-state index in [0.29, 0.717) is 6.07 Å². The summed E-state index contributed by atoms with van der Waals surface area (Å²) in [6.07, 6.45) is 0. The quantitative estimate of drug-likeness (QED) is 0.681. The molecule has 2 aromatic rings. The number of benzene rings is 2. The first-order chi connectivity index (χ1) is 9.99. The third-order valence-electron chi connectivity index (χ3n) is 3.37. The average Bonchev–Trinajstić information content (AvgIpc) is 2.68. The van der Waals surface area contributed by atoms with Crippen LogP contribution in [0.5, 0.6) is 0 Å². The largest absolute Gasteiger partial charge is 0.398 e. The highest BCUT2D eigenvalue weighted by atomic mass is 19.1. The van der Waals surface area contributed by atoms with Crippen LogP contribution in [0, 0.1) is 11.6 Å². The highest BCUT2D eigenvalue weighted by molar-refractivity contribution is 6.23. The Bertz CT molecular complexity index is 774. The Balaban J connectivity index is 1.97. The van der Waals surface area contributed by atoms with E-state index < -0.39 is 23.4 Å². The second kappa shape index (κ2) is 4.66. The van der Waals surface area contributed by atoms with Crippen LogP contribution < -0.4 is 5.73 Å². The molecule has 0 fully saturated rings. The van der Waals surface area contributed by atoms with Gasteiger partial charge in [-0.05, 0) is 18.2 Å².